The Morgan fingerprint density at radius 1 is 1.30 bits per heavy atom. The molecule has 170 valence electrons. The third-order valence-electron chi connectivity index (χ3n) is 5.06. The topological polar surface area (TPSA) is 155 Å². The van der Waals surface area contributed by atoms with E-state index in [0.717, 1.165) is 23.8 Å². The first-order valence-electron chi connectivity index (χ1n) is 10.1. The van der Waals surface area contributed by atoms with Gasteiger partial charge in [-0.05, 0) is 19.8 Å². The second-order valence-electron chi connectivity index (χ2n) is 7.33. The number of aliphatic carboxylic acids is 1. The number of rotatable bonds is 12. The van der Waals surface area contributed by atoms with Crippen LogP contribution in [0.3, 0.4) is 0 Å². The van der Waals surface area contributed by atoms with Crippen LogP contribution in [0.4, 0.5) is 0 Å². The van der Waals surface area contributed by atoms with Crippen molar-refractivity contribution in [3.05, 3.63) is 32.6 Å². The van der Waals surface area contributed by atoms with Gasteiger partial charge in [0, 0.05) is 25.0 Å². The van der Waals surface area contributed by atoms with Gasteiger partial charge in [-0.15, -0.1) is 0 Å². The van der Waals surface area contributed by atoms with Crippen LogP contribution < -0.4 is 17.1 Å². The second kappa shape index (κ2) is 10.8. The minimum atomic E-state index is -1.94. The van der Waals surface area contributed by atoms with Crippen LogP contribution in [0, 0.1) is 6.92 Å². The number of carboxylic acid groups (broad SMARTS) is 1. The van der Waals surface area contributed by atoms with Gasteiger partial charge in [0.1, 0.15) is 6.10 Å². The van der Waals surface area contributed by atoms with E-state index in [2.05, 4.69) is 4.98 Å². The van der Waals surface area contributed by atoms with Crippen molar-refractivity contribution in [3.63, 3.8) is 0 Å². The van der Waals surface area contributed by atoms with Crippen molar-refractivity contribution in [1.29, 1.82) is 0 Å². The van der Waals surface area contributed by atoms with Crippen LogP contribution >= 0.6 is 0 Å². The molecule has 1 aromatic heterocycles. The van der Waals surface area contributed by atoms with Crippen molar-refractivity contribution >= 4 is 5.97 Å². The zero-order valence-electron chi connectivity index (χ0n) is 17.6. The van der Waals surface area contributed by atoms with E-state index in [-0.39, 0.29) is 18.8 Å². The van der Waals surface area contributed by atoms with Crippen molar-refractivity contribution in [2.75, 3.05) is 19.8 Å². The minimum Gasteiger partial charge on any atom is -0.479 e. The average molecular weight is 429 g/mol. The molecule has 0 bridgehead atoms. The highest BCUT2D eigenvalue weighted by molar-refractivity contribution is 5.79. The average Bonchev–Trinajstić information content (AvgIpc) is 3.03. The van der Waals surface area contributed by atoms with Crippen molar-refractivity contribution in [1.82, 2.24) is 9.55 Å². The van der Waals surface area contributed by atoms with E-state index in [1.807, 2.05) is 13.8 Å². The molecule has 0 radical (unpaired) electrons. The van der Waals surface area contributed by atoms with Gasteiger partial charge in [-0.25, -0.2) is 15.5 Å². The maximum absolute atomic E-state index is 12.4. The summed E-state index contributed by atoms with van der Waals surface area (Å²) in [7, 11) is 0. The molecule has 4 N–H and O–H groups in total. The van der Waals surface area contributed by atoms with Crippen LogP contribution in [0.2, 0.25) is 0 Å². The first-order chi connectivity index (χ1) is 14.3. The molecule has 2 rings (SSSR count). The summed E-state index contributed by atoms with van der Waals surface area (Å²) in [6.45, 7) is 5.74. The number of nitrogens with zero attached hydrogens (tertiary/aromatic N) is 1. The van der Waals surface area contributed by atoms with Crippen molar-refractivity contribution < 1.29 is 28.9 Å². The first-order valence-corrected chi connectivity index (χ1v) is 10.1. The number of nitrogens with two attached hydrogens (primary N) is 1. The number of hydrogen-bond acceptors (Lipinski definition) is 8. The third-order valence-corrected chi connectivity index (χ3v) is 5.06. The Bertz CT molecular complexity index is 823. The lowest BCUT2D eigenvalue weighted by Gasteiger charge is -2.30. The number of nitrogens with one attached hydrogen (secondary N) is 1. The lowest BCUT2D eigenvalue weighted by Crippen LogP contribution is -2.55. The number of aryl methyl sites for hydroxylation is 1. The molecule has 1 aliphatic rings. The van der Waals surface area contributed by atoms with Gasteiger partial charge < -0.3 is 19.3 Å². The molecule has 1 aliphatic heterocycles. The molecule has 0 aromatic carbocycles. The molecule has 0 amide bonds. The second-order valence-corrected chi connectivity index (χ2v) is 7.33. The summed E-state index contributed by atoms with van der Waals surface area (Å²) in [5.41, 5.74) is -3.04. The lowest BCUT2D eigenvalue weighted by atomic mass is 9.95. The molecule has 0 saturated carbocycles. The molecule has 2 unspecified atom stereocenters. The highest BCUT2D eigenvalue weighted by Crippen LogP contribution is 2.40. The van der Waals surface area contributed by atoms with Gasteiger partial charge in [0.05, 0.1) is 6.61 Å². The Morgan fingerprint density at radius 3 is 2.57 bits per heavy atom. The maximum Gasteiger partial charge on any atom is 0.341 e. The van der Waals surface area contributed by atoms with E-state index in [1.165, 1.54) is 13.1 Å². The predicted molar refractivity (Wildman–Crippen MR) is 106 cm³/mol. The quantitative estimate of drug-likeness (QED) is 0.317. The molecule has 0 aliphatic carbocycles. The van der Waals surface area contributed by atoms with E-state index in [0.29, 0.717) is 13.0 Å². The minimum absolute atomic E-state index is 0.240. The highest BCUT2D eigenvalue weighted by Gasteiger charge is 2.63. The summed E-state index contributed by atoms with van der Waals surface area (Å²) in [6, 6.07) is 0. The third kappa shape index (κ3) is 4.98. The van der Waals surface area contributed by atoms with Gasteiger partial charge in [0.25, 0.3) is 5.56 Å². The van der Waals surface area contributed by atoms with Crippen molar-refractivity contribution in [2.45, 2.75) is 70.5 Å². The van der Waals surface area contributed by atoms with Gasteiger partial charge >= 0.3 is 11.7 Å². The SMILES string of the molecule is CCCCOC[C@@]1(C(=O)O)O[C@@H](n2cc(C)c(=O)[nH]c2=O)C(ON)C1OCCCC. The highest BCUT2D eigenvalue weighted by atomic mass is 16.7. The van der Waals surface area contributed by atoms with Crippen LogP contribution in [0.15, 0.2) is 15.8 Å². The number of aromatic nitrogens is 2. The molecule has 30 heavy (non-hydrogen) atoms. The zero-order chi connectivity index (χ0) is 22.3. The summed E-state index contributed by atoms with van der Waals surface area (Å²) in [6.07, 6.45) is 0.899. The Labute approximate surface area is 174 Å². The summed E-state index contributed by atoms with van der Waals surface area (Å²) < 4.78 is 18.4. The Balaban J connectivity index is 2.47. The van der Waals surface area contributed by atoms with Crippen LogP contribution in [0.1, 0.15) is 51.3 Å². The first kappa shape index (κ1) is 24.2. The Hall–Kier alpha value is -2.05. The summed E-state index contributed by atoms with van der Waals surface area (Å²) in [5.74, 6) is 4.17. The van der Waals surface area contributed by atoms with Gasteiger partial charge in [-0.3, -0.25) is 19.2 Å². The molecule has 0 spiro atoms. The number of aromatic amines is 1. The number of unbranched alkanes of at least 4 members (excludes halogenated alkanes) is 2. The summed E-state index contributed by atoms with van der Waals surface area (Å²) in [5, 5.41) is 10.1. The predicted octanol–water partition coefficient (Wildman–Crippen LogP) is 0.458. The molecule has 1 saturated heterocycles. The molecule has 2 heterocycles. The number of carboxylic acids is 1. The molecular formula is C19H31N3O8. The number of H-pyrrole nitrogens is 1. The van der Waals surface area contributed by atoms with E-state index in [1.54, 1.807) is 0 Å². The van der Waals surface area contributed by atoms with Crippen LogP contribution in [0.5, 0.6) is 0 Å². The van der Waals surface area contributed by atoms with Gasteiger partial charge in [0.2, 0.25) is 5.60 Å². The fourth-order valence-corrected chi connectivity index (χ4v) is 3.30. The van der Waals surface area contributed by atoms with E-state index < -0.39 is 41.3 Å². The molecule has 4 atom stereocenters. The van der Waals surface area contributed by atoms with E-state index >= 15 is 0 Å². The maximum atomic E-state index is 12.4. The molecule has 11 nitrogen and oxygen atoms in total. The van der Waals surface area contributed by atoms with Gasteiger partial charge in [0.15, 0.2) is 12.3 Å². The summed E-state index contributed by atoms with van der Waals surface area (Å²) in [4.78, 5) is 43.7. The van der Waals surface area contributed by atoms with Crippen LogP contribution in [-0.2, 0) is 23.8 Å². The van der Waals surface area contributed by atoms with E-state index in [4.69, 9.17) is 24.9 Å². The fraction of sp³-hybridized carbons (Fsp3) is 0.737. The number of carbonyl (C=O) groups is 1. The fourth-order valence-electron chi connectivity index (χ4n) is 3.30. The lowest BCUT2D eigenvalue weighted by molar-refractivity contribution is -0.192. The zero-order valence-corrected chi connectivity index (χ0v) is 17.6. The molecule has 1 aromatic rings. The molecule has 11 heteroatoms. The Morgan fingerprint density at radius 2 is 1.97 bits per heavy atom. The van der Waals surface area contributed by atoms with E-state index in [9.17, 15) is 19.5 Å². The Kier molecular flexibility index (Phi) is 8.74. The van der Waals surface area contributed by atoms with Crippen LogP contribution in [-0.4, -0.2) is 58.3 Å². The normalized spacial score (nSPS) is 26.2. The largest absolute Gasteiger partial charge is 0.479 e. The monoisotopic (exact) mass is 429 g/mol. The number of hydrogen-bond donors (Lipinski definition) is 3. The van der Waals surface area contributed by atoms with Crippen molar-refractivity contribution in [2.24, 2.45) is 5.90 Å². The van der Waals surface area contributed by atoms with Crippen molar-refractivity contribution in [3.8, 4) is 0 Å². The summed E-state index contributed by atoms with van der Waals surface area (Å²) >= 11 is 0. The van der Waals surface area contributed by atoms with Gasteiger partial charge in [-0.1, -0.05) is 26.7 Å². The molecule has 1 fully saturated rings. The standard InChI is InChI=1S/C19H31N3O8/c1-4-6-8-27-11-19(17(24)25)14(28-9-7-5-2)13(30-20)16(29-19)22-10-12(3)15(23)21-18(22)26/h10,13-14,16H,4-9,11,20H2,1-3H3,(H,24,25)(H,21,23,26)/t13?,14?,16-,19-/m1/s1. The molecular weight excluding hydrogens is 398 g/mol. The van der Waals surface area contributed by atoms with Gasteiger partial charge in [-0.2, -0.15) is 0 Å². The van der Waals surface area contributed by atoms with Crippen LogP contribution in [0.25, 0.3) is 0 Å². The number of ether oxygens (including phenoxy) is 3. The smallest absolute Gasteiger partial charge is 0.341 e.